The van der Waals surface area contributed by atoms with E-state index in [-0.39, 0.29) is 11.9 Å². The van der Waals surface area contributed by atoms with Crippen LogP contribution in [-0.2, 0) is 0 Å². The van der Waals surface area contributed by atoms with Crippen LogP contribution in [0.5, 0.6) is 0 Å². The van der Waals surface area contributed by atoms with Gasteiger partial charge in [-0.25, -0.2) is 0 Å². The molecule has 0 saturated heterocycles. The highest BCUT2D eigenvalue weighted by Crippen LogP contribution is 2.19. The van der Waals surface area contributed by atoms with Crippen LogP contribution >= 0.6 is 38.5 Å². The van der Waals surface area contributed by atoms with Gasteiger partial charge in [-0.2, -0.15) is 4.98 Å². The first-order valence-corrected chi connectivity index (χ1v) is 6.59. The van der Waals surface area contributed by atoms with Crippen LogP contribution in [0.3, 0.4) is 0 Å². The van der Waals surface area contributed by atoms with Crippen LogP contribution in [0, 0.1) is 10.5 Å². The van der Waals surface area contributed by atoms with Crippen molar-refractivity contribution in [3.63, 3.8) is 0 Å². The summed E-state index contributed by atoms with van der Waals surface area (Å²) < 4.78 is 1.73. The first kappa shape index (κ1) is 12.5. The van der Waals surface area contributed by atoms with E-state index in [0.29, 0.717) is 11.4 Å². The number of carbonyl (C=O) groups excluding carboxylic acids is 1. The molecule has 2 rings (SSSR count). The van der Waals surface area contributed by atoms with Gasteiger partial charge in [-0.05, 0) is 47.7 Å². The molecule has 0 aliphatic rings. The molecule has 2 aromatic rings. The number of hydrogen-bond donors (Lipinski definition) is 2. The number of carbonyl (C=O) groups is 1. The Balaban J connectivity index is 2.22. The maximum atomic E-state index is 12.0. The van der Waals surface area contributed by atoms with E-state index < -0.39 is 0 Å². The molecule has 2 N–H and O–H groups in total. The van der Waals surface area contributed by atoms with E-state index in [1.54, 1.807) is 13.0 Å². The highest BCUT2D eigenvalue weighted by molar-refractivity contribution is 14.1. The second kappa shape index (κ2) is 5.13. The van der Waals surface area contributed by atoms with Gasteiger partial charge in [0.1, 0.15) is 5.82 Å². The molecule has 0 radical (unpaired) electrons. The molecule has 1 amide bonds. The second-order valence-corrected chi connectivity index (χ2v) is 5.40. The SMILES string of the molecule is Cc1nc(NC(=O)c2cc(Br)ccc2I)n[nH]1. The van der Waals surface area contributed by atoms with Crippen molar-refractivity contribution in [2.45, 2.75) is 6.92 Å². The molecule has 5 nitrogen and oxygen atoms in total. The molecular weight excluding hydrogens is 399 g/mol. The number of halogens is 2. The van der Waals surface area contributed by atoms with Crippen molar-refractivity contribution in [2.75, 3.05) is 5.32 Å². The third kappa shape index (κ3) is 3.03. The summed E-state index contributed by atoms with van der Waals surface area (Å²) in [4.78, 5) is 16.0. The molecule has 0 saturated carbocycles. The van der Waals surface area contributed by atoms with E-state index in [9.17, 15) is 4.79 Å². The van der Waals surface area contributed by atoms with Crippen molar-refractivity contribution in [3.05, 3.63) is 37.6 Å². The van der Waals surface area contributed by atoms with Crippen LogP contribution in [0.2, 0.25) is 0 Å². The van der Waals surface area contributed by atoms with E-state index in [4.69, 9.17) is 0 Å². The summed E-state index contributed by atoms with van der Waals surface area (Å²) in [5, 5.41) is 9.14. The number of benzene rings is 1. The first-order valence-electron chi connectivity index (χ1n) is 4.71. The third-order valence-corrected chi connectivity index (χ3v) is 3.43. The lowest BCUT2D eigenvalue weighted by Gasteiger charge is -2.04. The molecule has 1 heterocycles. The van der Waals surface area contributed by atoms with E-state index in [1.807, 2.05) is 12.1 Å². The van der Waals surface area contributed by atoms with Gasteiger partial charge in [-0.3, -0.25) is 15.2 Å². The minimum absolute atomic E-state index is 0.227. The molecule has 0 fully saturated rings. The van der Waals surface area contributed by atoms with Crippen LogP contribution < -0.4 is 5.32 Å². The molecule has 88 valence electrons. The van der Waals surface area contributed by atoms with Crippen molar-refractivity contribution < 1.29 is 4.79 Å². The monoisotopic (exact) mass is 406 g/mol. The molecule has 0 bridgehead atoms. The number of aryl methyl sites for hydroxylation is 1. The van der Waals surface area contributed by atoms with Gasteiger partial charge in [-0.15, -0.1) is 5.10 Å². The molecule has 7 heteroatoms. The van der Waals surface area contributed by atoms with Gasteiger partial charge in [0.25, 0.3) is 5.91 Å². The minimum atomic E-state index is -0.227. The lowest BCUT2D eigenvalue weighted by molar-refractivity contribution is 0.102. The van der Waals surface area contributed by atoms with Crippen LogP contribution in [0.4, 0.5) is 5.95 Å². The first-order chi connectivity index (χ1) is 8.06. The predicted molar refractivity (Wildman–Crippen MR) is 75.9 cm³/mol. The van der Waals surface area contributed by atoms with E-state index in [2.05, 4.69) is 59.0 Å². The van der Waals surface area contributed by atoms with Crippen molar-refractivity contribution in [3.8, 4) is 0 Å². The summed E-state index contributed by atoms with van der Waals surface area (Å²) in [6, 6.07) is 5.51. The Morgan fingerprint density at radius 2 is 2.29 bits per heavy atom. The predicted octanol–water partition coefficient (Wildman–Crippen LogP) is 2.73. The van der Waals surface area contributed by atoms with Gasteiger partial charge < -0.3 is 0 Å². The summed E-state index contributed by atoms with van der Waals surface area (Å²) in [6.45, 7) is 1.77. The number of nitrogens with zero attached hydrogens (tertiary/aromatic N) is 2. The number of aromatic nitrogens is 3. The van der Waals surface area contributed by atoms with E-state index in [0.717, 1.165) is 8.04 Å². The fourth-order valence-corrected chi connectivity index (χ4v) is 2.18. The lowest BCUT2D eigenvalue weighted by atomic mass is 10.2. The topological polar surface area (TPSA) is 70.7 Å². The van der Waals surface area contributed by atoms with Crippen molar-refractivity contribution in [1.29, 1.82) is 0 Å². The Morgan fingerprint density at radius 3 is 2.94 bits per heavy atom. The molecule has 17 heavy (non-hydrogen) atoms. The summed E-state index contributed by atoms with van der Waals surface area (Å²) in [6.07, 6.45) is 0. The van der Waals surface area contributed by atoms with Crippen molar-refractivity contribution in [1.82, 2.24) is 15.2 Å². The molecule has 0 aliphatic heterocycles. The number of rotatable bonds is 2. The number of anilines is 1. The quantitative estimate of drug-likeness (QED) is 0.753. The van der Waals surface area contributed by atoms with Crippen LogP contribution in [0.1, 0.15) is 16.2 Å². The highest BCUT2D eigenvalue weighted by atomic mass is 127. The van der Waals surface area contributed by atoms with Gasteiger partial charge >= 0.3 is 0 Å². The highest BCUT2D eigenvalue weighted by Gasteiger charge is 2.12. The Bertz CT molecular complexity index is 569. The Labute approximate surface area is 120 Å². The molecule has 1 aromatic carbocycles. The number of H-pyrrole nitrogens is 1. The van der Waals surface area contributed by atoms with E-state index >= 15 is 0 Å². The molecule has 0 spiro atoms. The average Bonchev–Trinajstić information content (AvgIpc) is 2.67. The van der Waals surface area contributed by atoms with Gasteiger partial charge in [0.2, 0.25) is 5.95 Å². The zero-order valence-electron chi connectivity index (χ0n) is 8.79. The smallest absolute Gasteiger partial charge is 0.259 e. The molecule has 1 aromatic heterocycles. The molecule has 0 unspecified atom stereocenters. The van der Waals surface area contributed by atoms with E-state index in [1.165, 1.54) is 0 Å². The van der Waals surface area contributed by atoms with Gasteiger partial charge in [-0.1, -0.05) is 15.9 Å². The van der Waals surface area contributed by atoms with Crippen molar-refractivity contribution in [2.24, 2.45) is 0 Å². The van der Waals surface area contributed by atoms with Gasteiger partial charge in [0, 0.05) is 8.04 Å². The van der Waals surface area contributed by atoms with Gasteiger partial charge in [0.15, 0.2) is 0 Å². The zero-order chi connectivity index (χ0) is 12.4. The Kier molecular flexibility index (Phi) is 3.77. The molecule has 0 aliphatic carbocycles. The zero-order valence-corrected chi connectivity index (χ0v) is 12.5. The third-order valence-electron chi connectivity index (χ3n) is 2.00. The second-order valence-electron chi connectivity index (χ2n) is 3.32. The minimum Gasteiger partial charge on any atom is -0.289 e. The standard InChI is InChI=1S/C10H8BrIN4O/c1-5-13-10(16-15-5)14-9(17)7-4-6(11)2-3-8(7)12/h2-4H,1H3,(H2,13,14,15,16,17). The number of amides is 1. The summed E-state index contributed by atoms with van der Waals surface area (Å²) in [5.74, 6) is 0.710. The van der Waals surface area contributed by atoms with Crippen LogP contribution in [0.15, 0.2) is 22.7 Å². The largest absolute Gasteiger partial charge is 0.289 e. The Morgan fingerprint density at radius 1 is 1.53 bits per heavy atom. The fourth-order valence-electron chi connectivity index (χ4n) is 1.24. The summed E-state index contributed by atoms with van der Waals surface area (Å²) in [5.41, 5.74) is 0.586. The lowest BCUT2D eigenvalue weighted by Crippen LogP contribution is -2.14. The van der Waals surface area contributed by atoms with Crippen molar-refractivity contribution >= 4 is 50.4 Å². The summed E-state index contributed by atoms with van der Waals surface area (Å²) in [7, 11) is 0. The fraction of sp³-hybridized carbons (Fsp3) is 0.100. The molecule has 0 atom stereocenters. The maximum Gasteiger partial charge on any atom is 0.259 e. The van der Waals surface area contributed by atoms with Crippen LogP contribution in [-0.4, -0.2) is 21.1 Å². The summed E-state index contributed by atoms with van der Waals surface area (Å²) >= 11 is 5.44. The normalized spacial score (nSPS) is 10.3. The average molecular weight is 407 g/mol. The molecular formula is C10H8BrIN4O. The number of nitrogens with one attached hydrogen (secondary N) is 2. The number of aromatic amines is 1. The van der Waals surface area contributed by atoms with Crippen LogP contribution in [0.25, 0.3) is 0 Å². The Hall–Kier alpha value is -0.960. The van der Waals surface area contributed by atoms with Gasteiger partial charge in [0.05, 0.1) is 5.56 Å². The number of hydrogen-bond acceptors (Lipinski definition) is 3. The maximum absolute atomic E-state index is 12.0.